The third-order valence-electron chi connectivity index (χ3n) is 7.64. The lowest BCUT2D eigenvalue weighted by atomic mass is 10.1. The summed E-state index contributed by atoms with van der Waals surface area (Å²) in [5.74, 6) is 0. The normalized spacial score (nSPS) is 10.7. The lowest BCUT2D eigenvalue weighted by molar-refractivity contribution is 1.40. The molecule has 10 rings (SSSR count). The molecule has 0 saturated heterocycles. The van der Waals surface area contributed by atoms with Crippen LogP contribution < -0.4 is 20.9 Å². The van der Waals surface area contributed by atoms with Gasteiger partial charge in [0, 0.05) is 20.9 Å². The Morgan fingerprint density at radius 3 is 0.659 bits per heavy atom. The van der Waals surface area contributed by atoms with Gasteiger partial charge in [0.05, 0.1) is 0 Å². The second kappa shape index (κ2) is 12.2. The predicted octanol–water partition coefficient (Wildman–Crippen LogP) is 5.80. The summed E-state index contributed by atoms with van der Waals surface area (Å²) in [5, 5.41) is 12.5. The monoisotopic (exact) mass is 552 g/mol. The molecule has 0 amide bonds. The zero-order valence-corrected chi connectivity index (χ0v) is 23.9. The van der Waals surface area contributed by atoms with Crippen LogP contribution in [-0.2, 0) is 0 Å². The summed E-state index contributed by atoms with van der Waals surface area (Å²) in [7, 11) is 0. The number of hydrogen-bond acceptors (Lipinski definition) is 0. The van der Waals surface area contributed by atoms with E-state index in [-0.39, 0.29) is 0 Å². The highest BCUT2D eigenvalue weighted by atomic mass is 13.9. The van der Waals surface area contributed by atoms with Crippen molar-refractivity contribution in [2.24, 2.45) is 0 Å². The maximum absolute atomic E-state index is 3.30. The van der Waals surface area contributed by atoms with Gasteiger partial charge in [-0.1, -0.05) is 144 Å². The topological polar surface area (TPSA) is 0 Å². The molecule has 0 unspecified atom stereocenters. The van der Waals surface area contributed by atoms with Gasteiger partial charge in [0.2, 0.25) is 0 Å². The fraction of sp³-hybridized carbons (Fsp3) is 0. The minimum absolute atomic E-state index is 0.943. The fourth-order valence-electron chi connectivity index (χ4n) is 5.43. The molecule has 0 spiro atoms. The Hall–Kier alpha value is -6.44. The van der Waals surface area contributed by atoms with E-state index in [1.165, 1.54) is 0 Å². The molecular formula is C44H24. The van der Waals surface area contributed by atoms with Crippen molar-refractivity contribution in [2.45, 2.75) is 0 Å². The third kappa shape index (κ3) is 5.54. The lowest BCUT2D eigenvalue weighted by Gasteiger charge is -1.93. The first kappa shape index (κ1) is 26.5. The molecule has 0 nitrogen and oxygen atoms in total. The molecule has 6 aromatic rings. The maximum atomic E-state index is 3.30. The molecule has 0 radical (unpaired) electrons. The summed E-state index contributed by atoms with van der Waals surface area (Å²) in [6.07, 6.45) is 0. The Bertz CT molecular complexity index is 2560. The Morgan fingerprint density at radius 1 is 0.227 bits per heavy atom. The van der Waals surface area contributed by atoms with Gasteiger partial charge in [-0.15, -0.1) is 0 Å². The van der Waals surface area contributed by atoms with E-state index < -0.39 is 0 Å². The van der Waals surface area contributed by atoms with Gasteiger partial charge in [-0.3, -0.25) is 0 Å². The summed E-state index contributed by atoms with van der Waals surface area (Å²) in [6.45, 7) is 0. The zero-order valence-electron chi connectivity index (χ0n) is 23.9. The second-order valence-electron chi connectivity index (χ2n) is 10.3. The van der Waals surface area contributed by atoms with Gasteiger partial charge in [-0.2, -0.15) is 0 Å². The first-order valence-corrected chi connectivity index (χ1v) is 14.5. The smallest absolute Gasteiger partial charge is 0.0334 e. The van der Waals surface area contributed by atoms with Crippen molar-refractivity contribution in [3.05, 3.63) is 231 Å². The van der Waals surface area contributed by atoms with Gasteiger partial charge < -0.3 is 0 Å². The molecule has 6 aromatic carbocycles. The van der Waals surface area contributed by atoms with Gasteiger partial charge in [0.15, 0.2) is 0 Å². The van der Waals surface area contributed by atoms with E-state index in [2.05, 4.69) is 119 Å². The van der Waals surface area contributed by atoms with Gasteiger partial charge in [0.1, 0.15) is 0 Å². The van der Waals surface area contributed by atoms with Gasteiger partial charge in [-0.05, 0) is 88.9 Å². The lowest BCUT2D eigenvalue weighted by Crippen LogP contribution is -2.01. The molecule has 0 atom stereocenters. The molecule has 0 N–H and O–H groups in total. The summed E-state index contributed by atoms with van der Waals surface area (Å²) < 4.78 is 0. The predicted molar refractivity (Wildman–Crippen MR) is 176 cm³/mol. The second-order valence-corrected chi connectivity index (χ2v) is 10.3. The van der Waals surface area contributed by atoms with Gasteiger partial charge in [0.25, 0.3) is 0 Å². The van der Waals surface area contributed by atoms with Crippen molar-refractivity contribution in [2.75, 3.05) is 0 Å². The van der Waals surface area contributed by atoms with Crippen molar-refractivity contribution in [1.29, 1.82) is 0 Å². The Labute approximate surface area is 253 Å². The van der Waals surface area contributed by atoms with Crippen LogP contribution in [0.15, 0.2) is 169 Å². The zero-order chi connectivity index (χ0) is 29.6. The molecule has 0 aromatic heterocycles. The fourth-order valence-corrected chi connectivity index (χ4v) is 5.43. The summed E-state index contributed by atoms with van der Waals surface area (Å²) in [4.78, 5) is 0. The van der Waals surface area contributed by atoms with Crippen LogP contribution in [0.4, 0.5) is 0 Å². The first-order valence-electron chi connectivity index (χ1n) is 14.5. The molecule has 0 saturated carbocycles. The van der Waals surface area contributed by atoms with E-state index >= 15 is 0 Å². The minimum Gasteiger partial charge on any atom is -0.0616 e. The molecule has 0 heteroatoms. The average Bonchev–Trinajstić information content (AvgIpc) is 3.09. The van der Waals surface area contributed by atoms with E-state index in [1.807, 2.05) is 72.8 Å². The summed E-state index contributed by atoms with van der Waals surface area (Å²) >= 11 is 0. The standard InChI is InChI=1S/C44H24/c1-2-14-34-18-6-10-22-42(34)38-29-31-40(32-30-38)44-24-12-8-20-36(44)16-4-3-15-35-19-7-11-23-43(35)39-27-25-37(26-28-39)41-21-9-5-17-33(41)13-1/h5-12,17-32H. The van der Waals surface area contributed by atoms with Crippen molar-refractivity contribution >= 4 is 22.9 Å². The molecule has 200 valence electrons. The van der Waals surface area contributed by atoms with Crippen molar-refractivity contribution < 1.29 is 0 Å². The SMILES string of the molecule is C1=C=C=c2ccccc2=c2ccc(cc2)=c2ccccc2=C=C=C=C=c2ccccc2=c2ccc(cc2)=c2ccccc2=C=1. The maximum Gasteiger partial charge on any atom is 0.0334 e. The van der Waals surface area contributed by atoms with Crippen molar-refractivity contribution in [1.82, 2.24) is 0 Å². The van der Waals surface area contributed by atoms with Crippen LogP contribution >= 0.6 is 0 Å². The van der Waals surface area contributed by atoms with E-state index in [4.69, 9.17) is 0 Å². The molecule has 44 heavy (non-hydrogen) atoms. The largest absolute Gasteiger partial charge is 0.0616 e. The molecule has 0 fully saturated rings. The number of hydrogen-bond donors (Lipinski definition) is 0. The van der Waals surface area contributed by atoms with Crippen LogP contribution in [0.25, 0.3) is 22.9 Å². The van der Waals surface area contributed by atoms with Crippen LogP contribution in [0.5, 0.6) is 0 Å². The molecule has 4 bridgehead atoms. The highest BCUT2D eigenvalue weighted by Gasteiger charge is 1.91. The molecule has 0 heterocycles. The Kier molecular flexibility index (Phi) is 7.34. The van der Waals surface area contributed by atoms with E-state index in [0.29, 0.717) is 0 Å². The molecule has 0 aliphatic heterocycles. The van der Waals surface area contributed by atoms with E-state index in [0.717, 1.165) is 62.6 Å². The van der Waals surface area contributed by atoms with E-state index in [1.54, 1.807) is 0 Å². The highest BCUT2D eigenvalue weighted by Crippen LogP contribution is 1.99. The third-order valence-corrected chi connectivity index (χ3v) is 7.64. The molecule has 4 aliphatic carbocycles. The van der Waals surface area contributed by atoms with Crippen LogP contribution in [-0.4, -0.2) is 0 Å². The Balaban J connectivity index is 1.76. The first-order chi connectivity index (χ1) is 21.8. The highest BCUT2D eigenvalue weighted by molar-refractivity contribution is 5.32. The van der Waals surface area contributed by atoms with Crippen LogP contribution in [0.3, 0.4) is 0 Å². The average molecular weight is 553 g/mol. The summed E-state index contributed by atoms with van der Waals surface area (Å²) in [5.41, 5.74) is 25.6. The van der Waals surface area contributed by atoms with Gasteiger partial charge >= 0.3 is 0 Å². The van der Waals surface area contributed by atoms with E-state index in [9.17, 15) is 0 Å². The molecular weight excluding hydrogens is 528 g/mol. The number of benzene rings is 6. The number of rotatable bonds is 0. The van der Waals surface area contributed by atoms with Crippen molar-refractivity contribution in [3.8, 4) is 0 Å². The quantitative estimate of drug-likeness (QED) is 0.209. The minimum atomic E-state index is 0.943. The van der Waals surface area contributed by atoms with Gasteiger partial charge in [-0.25, -0.2) is 0 Å². The Morgan fingerprint density at radius 2 is 0.432 bits per heavy atom. The van der Waals surface area contributed by atoms with Crippen LogP contribution in [0.2, 0.25) is 0 Å². The summed E-state index contributed by atoms with van der Waals surface area (Å²) in [6, 6.07) is 49.9. The van der Waals surface area contributed by atoms with Crippen LogP contribution in [0, 0.1) is 41.7 Å². The van der Waals surface area contributed by atoms with Crippen molar-refractivity contribution in [3.63, 3.8) is 0 Å². The van der Waals surface area contributed by atoms with Crippen LogP contribution in [0.1, 0.15) is 0 Å². The molecule has 4 aliphatic rings.